The summed E-state index contributed by atoms with van der Waals surface area (Å²) >= 11 is 6.23. The standard InChI is InChI=1S/C40H41ClN4O3.BF4/c1-47-38-26-34(42)33(41)25-32(38)40(46)43-35-19-22-44(27-39(35)48-2)20-12-21-45-36(29-15-8-4-9-16-29)23-31(28-13-6-3-7-14-28)24-37(45)30-17-10-5-11-18-30;2-1(3,4)5/h3-11,13-18,23-26,35,39H,12,19-22,27H2,1-2H3,(H2-,42,43,46);/q;-1/p+1/t35-,39+;/m1./s1. The number of ether oxygens (including phenoxy) is 2. The Morgan fingerprint density at radius 1 is 0.849 bits per heavy atom. The summed E-state index contributed by atoms with van der Waals surface area (Å²) < 4.78 is 52.8. The number of rotatable bonds is 11. The molecule has 1 aromatic heterocycles. The summed E-state index contributed by atoms with van der Waals surface area (Å²) in [4.78, 5) is 15.7. The summed E-state index contributed by atoms with van der Waals surface area (Å²) in [5.74, 6) is 0.131. The van der Waals surface area contributed by atoms with Crippen molar-refractivity contribution in [3.63, 3.8) is 0 Å². The Balaban J connectivity index is 0.00000101. The number of benzene rings is 4. The van der Waals surface area contributed by atoms with Crippen LogP contribution in [0.2, 0.25) is 5.02 Å². The zero-order chi connectivity index (χ0) is 38.0. The van der Waals surface area contributed by atoms with Gasteiger partial charge in [-0.1, -0.05) is 78.3 Å². The number of hydrogen-bond acceptors (Lipinski definition) is 5. The number of nitrogens with zero attached hydrogens (tertiary/aromatic N) is 2. The molecule has 4 aromatic carbocycles. The molecule has 1 saturated heterocycles. The molecule has 2 atom stereocenters. The molecule has 1 amide bonds. The maximum Gasteiger partial charge on any atom is 0.673 e. The van der Waals surface area contributed by atoms with Crippen LogP contribution in [0.4, 0.5) is 23.0 Å². The Hall–Kier alpha value is -4.91. The van der Waals surface area contributed by atoms with Gasteiger partial charge in [-0.25, -0.2) is 0 Å². The van der Waals surface area contributed by atoms with Crippen molar-refractivity contribution in [1.29, 1.82) is 0 Å². The van der Waals surface area contributed by atoms with Crippen LogP contribution in [0.1, 0.15) is 23.2 Å². The second-order valence-electron chi connectivity index (χ2n) is 12.6. The lowest BCUT2D eigenvalue weighted by molar-refractivity contribution is -0.675. The molecule has 278 valence electrons. The normalized spacial score (nSPS) is 16.0. The van der Waals surface area contributed by atoms with Gasteiger partial charge in [0.1, 0.15) is 5.75 Å². The fraction of sp³-hybridized carbons (Fsp3) is 0.250. The van der Waals surface area contributed by atoms with Crippen LogP contribution in [0.15, 0.2) is 115 Å². The monoisotopic (exact) mass is 748 g/mol. The molecular weight excluding hydrogens is 707 g/mol. The summed E-state index contributed by atoms with van der Waals surface area (Å²) in [6.45, 7) is 3.31. The van der Waals surface area contributed by atoms with E-state index in [2.05, 4.69) is 118 Å². The molecule has 2 heterocycles. The maximum absolute atomic E-state index is 13.3. The molecule has 0 unspecified atom stereocenters. The zero-order valence-corrected chi connectivity index (χ0v) is 30.3. The first-order chi connectivity index (χ1) is 25.4. The molecule has 7 nitrogen and oxygen atoms in total. The summed E-state index contributed by atoms with van der Waals surface area (Å²) in [7, 11) is -2.78. The number of carbonyl (C=O) groups excluding carboxylic acids is 1. The van der Waals surface area contributed by atoms with E-state index in [0.717, 1.165) is 39.0 Å². The number of nitrogens with two attached hydrogens (primary N) is 1. The van der Waals surface area contributed by atoms with Crippen molar-refractivity contribution >= 4 is 30.4 Å². The second kappa shape index (κ2) is 18.2. The van der Waals surface area contributed by atoms with Gasteiger partial charge in [-0.3, -0.25) is 4.79 Å². The molecule has 0 radical (unpaired) electrons. The number of halogens is 5. The lowest BCUT2D eigenvalue weighted by Crippen LogP contribution is -2.55. The highest BCUT2D eigenvalue weighted by Gasteiger charge is 2.32. The molecule has 0 spiro atoms. The minimum Gasteiger partial charge on any atom is -0.496 e. The Kier molecular flexibility index (Phi) is 13.5. The van der Waals surface area contributed by atoms with Crippen LogP contribution in [0.25, 0.3) is 33.6 Å². The van der Waals surface area contributed by atoms with Crippen molar-refractivity contribution in [2.24, 2.45) is 0 Å². The Labute approximate surface area is 312 Å². The highest BCUT2D eigenvalue weighted by molar-refractivity contribution is 6.50. The van der Waals surface area contributed by atoms with E-state index in [1.165, 1.54) is 40.8 Å². The first kappa shape index (κ1) is 39.3. The molecule has 5 aromatic rings. The number of hydrogen-bond donors (Lipinski definition) is 2. The number of nitrogens with one attached hydrogen (secondary N) is 1. The van der Waals surface area contributed by atoms with Crippen LogP contribution in [0.3, 0.4) is 0 Å². The number of anilines is 1. The molecule has 13 heteroatoms. The third-order valence-electron chi connectivity index (χ3n) is 9.09. The topological polar surface area (TPSA) is 80.7 Å². The highest BCUT2D eigenvalue weighted by Crippen LogP contribution is 2.31. The number of likely N-dealkylation sites (tertiary alicyclic amines) is 1. The fourth-order valence-corrected chi connectivity index (χ4v) is 6.72. The van der Waals surface area contributed by atoms with Crippen molar-refractivity contribution < 1.29 is 36.1 Å². The van der Waals surface area contributed by atoms with Gasteiger partial charge in [0.15, 0.2) is 6.54 Å². The zero-order valence-electron chi connectivity index (χ0n) is 29.5. The van der Waals surface area contributed by atoms with Gasteiger partial charge in [-0.05, 0) is 47.9 Å². The Morgan fingerprint density at radius 2 is 1.38 bits per heavy atom. The molecule has 0 saturated carbocycles. The van der Waals surface area contributed by atoms with E-state index < -0.39 is 7.25 Å². The highest BCUT2D eigenvalue weighted by atomic mass is 35.5. The van der Waals surface area contributed by atoms with Crippen LogP contribution in [0.5, 0.6) is 5.75 Å². The van der Waals surface area contributed by atoms with Crippen LogP contribution < -0.4 is 20.4 Å². The predicted molar refractivity (Wildman–Crippen MR) is 203 cm³/mol. The number of nitrogen functional groups attached to an aromatic ring is 1. The van der Waals surface area contributed by atoms with Crippen molar-refractivity contribution in [2.75, 3.05) is 39.6 Å². The number of carbonyl (C=O) groups is 1. The Morgan fingerprint density at radius 3 is 1.89 bits per heavy atom. The van der Waals surface area contributed by atoms with Crippen molar-refractivity contribution in [1.82, 2.24) is 10.2 Å². The van der Waals surface area contributed by atoms with Gasteiger partial charge in [0.2, 0.25) is 11.4 Å². The molecule has 6 rings (SSSR count). The van der Waals surface area contributed by atoms with Gasteiger partial charge >= 0.3 is 7.25 Å². The van der Waals surface area contributed by atoms with Crippen molar-refractivity contribution in [2.45, 2.75) is 31.5 Å². The number of aromatic nitrogens is 1. The summed E-state index contributed by atoms with van der Waals surface area (Å²) in [6, 6.07) is 39.5. The number of piperidine rings is 1. The molecule has 1 fully saturated rings. The fourth-order valence-electron chi connectivity index (χ4n) is 6.56. The second-order valence-corrected chi connectivity index (χ2v) is 13.0. The van der Waals surface area contributed by atoms with Crippen molar-refractivity contribution in [3.8, 4) is 39.4 Å². The van der Waals surface area contributed by atoms with E-state index in [1.54, 1.807) is 19.2 Å². The average molecular weight is 749 g/mol. The van der Waals surface area contributed by atoms with Crippen molar-refractivity contribution in [3.05, 3.63) is 126 Å². The van der Waals surface area contributed by atoms with E-state index >= 15 is 0 Å². The molecule has 1 aliphatic rings. The lowest BCUT2D eigenvalue weighted by atomic mass is 9.98. The van der Waals surface area contributed by atoms with Gasteiger partial charge in [-0.15, -0.1) is 0 Å². The Bertz CT molecular complexity index is 1890. The van der Waals surface area contributed by atoms with Crippen LogP contribution in [-0.4, -0.2) is 64.1 Å². The molecule has 0 aliphatic carbocycles. The largest absolute Gasteiger partial charge is 0.673 e. The first-order valence-corrected chi connectivity index (χ1v) is 17.6. The summed E-state index contributed by atoms with van der Waals surface area (Å²) in [6.07, 6.45) is 1.55. The molecular formula is C40H42BClF4N4O3. The number of pyridine rings is 1. The van der Waals surface area contributed by atoms with Crippen LogP contribution in [0, 0.1) is 0 Å². The van der Waals surface area contributed by atoms with Gasteiger partial charge in [0.05, 0.1) is 35.5 Å². The van der Waals surface area contributed by atoms with Gasteiger partial charge in [-0.2, -0.15) is 4.57 Å². The van der Waals surface area contributed by atoms with E-state index in [-0.39, 0.29) is 18.1 Å². The molecule has 0 bridgehead atoms. The SMILES string of the molecule is COc1cc(N)c(Cl)cc1C(=O)N[C@@H]1CCN(CCC[n+]2c(-c3ccccc3)cc(-c3ccccc3)cc2-c2ccccc2)C[C@@H]1OC.F[B-](F)(F)F. The van der Waals surface area contributed by atoms with E-state index in [4.69, 9.17) is 26.8 Å². The van der Waals surface area contributed by atoms with E-state index in [0.29, 0.717) is 22.0 Å². The minimum atomic E-state index is -6.00. The average Bonchev–Trinajstić information content (AvgIpc) is 3.16. The quantitative estimate of drug-likeness (QED) is 0.0614. The van der Waals surface area contributed by atoms with E-state index in [1.807, 2.05) is 0 Å². The molecule has 1 aliphatic heterocycles. The first-order valence-electron chi connectivity index (χ1n) is 17.3. The van der Waals surface area contributed by atoms with Gasteiger partial charge < -0.3 is 42.7 Å². The number of amides is 1. The summed E-state index contributed by atoms with van der Waals surface area (Å²) in [5, 5.41) is 3.47. The minimum absolute atomic E-state index is 0.144. The number of methoxy groups -OCH3 is 2. The van der Waals surface area contributed by atoms with Crippen LogP contribution >= 0.6 is 11.6 Å². The smallest absolute Gasteiger partial charge is 0.496 e. The third kappa shape index (κ3) is 10.8. The maximum atomic E-state index is 13.3. The van der Waals surface area contributed by atoms with E-state index in [9.17, 15) is 22.1 Å². The molecule has 3 N–H and O–H groups in total. The molecule has 53 heavy (non-hydrogen) atoms. The predicted octanol–water partition coefficient (Wildman–Crippen LogP) is 8.43. The summed E-state index contributed by atoms with van der Waals surface area (Å²) in [5.41, 5.74) is 13.8. The lowest BCUT2D eigenvalue weighted by Gasteiger charge is -2.38. The van der Waals surface area contributed by atoms with Crippen LogP contribution in [-0.2, 0) is 11.3 Å². The third-order valence-corrected chi connectivity index (χ3v) is 9.42. The van der Waals surface area contributed by atoms with Gasteiger partial charge in [0.25, 0.3) is 5.91 Å². The van der Waals surface area contributed by atoms with Gasteiger partial charge in [0, 0.05) is 62.5 Å².